The van der Waals surface area contributed by atoms with Crippen molar-refractivity contribution in [2.75, 3.05) is 18.5 Å². The molecule has 27 heavy (non-hydrogen) atoms. The average Bonchev–Trinajstić information content (AvgIpc) is 2.73. The Morgan fingerprint density at radius 2 is 1.96 bits per heavy atom. The summed E-state index contributed by atoms with van der Waals surface area (Å²) in [6.07, 6.45) is 4.74. The van der Waals surface area contributed by atoms with Crippen LogP contribution >= 0.6 is 0 Å². The Labute approximate surface area is 155 Å². The van der Waals surface area contributed by atoms with Crippen molar-refractivity contribution in [2.24, 2.45) is 0 Å². The van der Waals surface area contributed by atoms with Crippen LogP contribution in [0.2, 0.25) is 0 Å². The number of amides is 1. The zero-order valence-corrected chi connectivity index (χ0v) is 14.4. The molecule has 2 N–H and O–H groups in total. The molecule has 3 aromatic rings. The lowest BCUT2D eigenvalue weighted by molar-refractivity contribution is 0.0945. The van der Waals surface area contributed by atoms with E-state index in [-0.39, 0.29) is 11.6 Å². The van der Waals surface area contributed by atoms with E-state index in [0.717, 1.165) is 11.3 Å². The molecule has 1 aromatic carbocycles. The monoisotopic (exact) mass is 363 g/mol. The zero-order chi connectivity index (χ0) is 18.5. The van der Waals surface area contributed by atoms with Gasteiger partial charge in [-0.3, -0.25) is 9.78 Å². The number of carbonyl (C=O) groups is 1. The molecular weight excluding hydrogens is 346 g/mol. The molecule has 8 nitrogen and oxygen atoms in total. The third kappa shape index (κ3) is 4.12. The SMILES string of the molecule is O=C(NCc1cccnc1)c1cc(Nc2ccc3c(c2)OCCO3)ncn1. The van der Waals surface area contributed by atoms with Crippen LogP contribution in [0.25, 0.3) is 0 Å². The smallest absolute Gasteiger partial charge is 0.270 e. The van der Waals surface area contributed by atoms with Crippen LogP contribution in [-0.2, 0) is 6.54 Å². The fraction of sp³-hybridized carbons (Fsp3) is 0.158. The molecule has 0 bridgehead atoms. The van der Waals surface area contributed by atoms with Crippen molar-refractivity contribution in [3.63, 3.8) is 0 Å². The quantitative estimate of drug-likeness (QED) is 0.718. The minimum Gasteiger partial charge on any atom is -0.486 e. The van der Waals surface area contributed by atoms with Gasteiger partial charge in [-0.25, -0.2) is 9.97 Å². The Bertz CT molecular complexity index is 949. The van der Waals surface area contributed by atoms with Gasteiger partial charge in [0.05, 0.1) is 0 Å². The largest absolute Gasteiger partial charge is 0.486 e. The standard InChI is InChI=1S/C19H17N5O3/c25-19(21-11-13-2-1-5-20-10-13)15-9-18(23-12-22-15)24-14-3-4-16-17(8-14)27-7-6-26-16/h1-5,8-10,12H,6-7,11H2,(H,21,25)(H,22,23,24). The van der Waals surface area contributed by atoms with Gasteiger partial charge in [-0.15, -0.1) is 0 Å². The summed E-state index contributed by atoms with van der Waals surface area (Å²) in [7, 11) is 0. The Hall–Kier alpha value is -3.68. The van der Waals surface area contributed by atoms with Crippen molar-refractivity contribution in [3.8, 4) is 11.5 Å². The van der Waals surface area contributed by atoms with Crippen LogP contribution in [0.5, 0.6) is 11.5 Å². The number of rotatable bonds is 5. The van der Waals surface area contributed by atoms with Crippen LogP contribution in [0.4, 0.5) is 11.5 Å². The first-order valence-electron chi connectivity index (χ1n) is 8.44. The van der Waals surface area contributed by atoms with Gasteiger partial charge in [-0.05, 0) is 23.8 Å². The van der Waals surface area contributed by atoms with Gasteiger partial charge in [0.25, 0.3) is 5.91 Å². The van der Waals surface area contributed by atoms with Gasteiger partial charge in [0, 0.05) is 36.8 Å². The van der Waals surface area contributed by atoms with Crippen LogP contribution < -0.4 is 20.1 Å². The first-order valence-corrected chi connectivity index (χ1v) is 8.44. The number of hydrogen-bond donors (Lipinski definition) is 2. The molecule has 0 spiro atoms. The van der Waals surface area contributed by atoms with Gasteiger partial charge in [0.2, 0.25) is 0 Å². The third-order valence-electron chi connectivity index (χ3n) is 3.89. The van der Waals surface area contributed by atoms with E-state index in [2.05, 4.69) is 25.6 Å². The number of aromatic nitrogens is 3. The molecule has 3 heterocycles. The fourth-order valence-corrected chi connectivity index (χ4v) is 2.59. The molecular formula is C19H17N5O3. The zero-order valence-electron chi connectivity index (χ0n) is 14.4. The van der Waals surface area contributed by atoms with Crippen LogP contribution in [0.3, 0.4) is 0 Å². The van der Waals surface area contributed by atoms with Gasteiger partial charge in [-0.2, -0.15) is 0 Å². The van der Waals surface area contributed by atoms with Crippen LogP contribution in [0.1, 0.15) is 16.1 Å². The van der Waals surface area contributed by atoms with Crippen LogP contribution in [0, 0.1) is 0 Å². The predicted molar refractivity (Wildman–Crippen MR) is 98.2 cm³/mol. The summed E-state index contributed by atoms with van der Waals surface area (Å²) in [5.74, 6) is 1.61. The van der Waals surface area contributed by atoms with Crippen molar-refractivity contribution in [3.05, 3.63) is 66.4 Å². The van der Waals surface area contributed by atoms with Gasteiger partial charge < -0.3 is 20.1 Å². The molecule has 0 saturated carbocycles. The van der Waals surface area contributed by atoms with E-state index in [0.29, 0.717) is 37.1 Å². The molecule has 1 amide bonds. The second-order valence-electron chi connectivity index (χ2n) is 5.82. The second kappa shape index (κ2) is 7.69. The lowest BCUT2D eigenvalue weighted by Crippen LogP contribution is -2.24. The summed E-state index contributed by atoms with van der Waals surface area (Å²) in [4.78, 5) is 24.6. The molecule has 136 valence electrons. The number of hydrogen-bond acceptors (Lipinski definition) is 7. The number of anilines is 2. The van der Waals surface area contributed by atoms with E-state index >= 15 is 0 Å². The average molecular weight is 363 g/mol. The molecule has 0 saturated heterocycles. The summed E-state index contributed by atoms with van der Waals surface area (Å²) >= 11 is 0. The first kappa shape index (κ1) is 16.8. The van der Waals surface area contributed by atoms with Gasteiger partial charge in [0.1, 0.15) is 31.1 Å². The Morgan fingerprint density at radius 3 is 2.81 bits per heavy atom. The van der Waals surface area contributed by atoms with Crippen molar-refractivity contribution >= 4 is 17.4 Å². The van der Waals surface area contributed by atoms with E-state index in [1.807, 2.05) is 30.3 Å². The summed E-state index contributed by atoms with van der Waals surface area (Å²) in [5, 5.41) is 5.96. The van der Waals surface area contributed by atoms with Gasteiger partial charge >= 0.3 is 0 Å². The van der Waals surface area contributed by atoms with Gasteiger partial charge in [-0.1, -0.05) is 6.07 Å². The lowest BCUT2D eigenvalue weighted by Gasteiger charge is -2.19. The predicted octanol–water partition coefficient (Wildman–Crippen LogP) is 2.32. The van der Waals surface area contributed by atoms with E-state index < -0.39 is 0 Å². The molecule has 0 atom stereocenters. The Kier molecular flexibility index (Phi) is 4.78. The third-order valence-corrected chi connectivity index (χ3v) is 3.89. The van der Waals surface area contributed by atoms with E-state index in [1.54, 1.807) is 18.5 Å². The summed E-state index contributed by atoms with van der Waals surface area (Å²) in [6.45, 7) is 1.44. The molecule has 2 aromatic heterocycles. The van der Waals surface area contributed by atoms with Crippen molar-refractivity contribution in [1.82, 2.24) is 20.3 Å². The van der Waals surface area contributed by atoms with Crippen molar-refractivity contribution in [1.29, 1.82) is 0 Å². The first-order chi connectivity index (χ1) is 13.3. The minimum absolute atomic E-state index is 0.272. The number of pyridine rings is 1. The number of nitrogens with zero attached hydrogens (tertiary/aromatic N) is 3. The van der Waals surface area contributed by atoms with E-state index in [4.69, 9.17) is 9.47 Å². The molecule has 4 rings (SSSR count). The fourth-order valence-electron chi connectivity index (χ4n) is 2.59. The summed E-state index contributed by atoms with van der Waals surface area (Å²) < 4.78 is 11.1. The number of carbonyl (C=O) groups excluding carboxylic acids is 1. The second-order valence-corrected chi connectivity index (χ2v) is 5.82. The normalized spacial score (nSPS) is 12.3. The minimum atomic E-state index is -0.286. The number of ether oxygens (including phenoxy) is 2. The molecule has 0 aliphatic carbocycles. The highest BCUT2D eigenvalue weighted by molar-refractivity contribution is 5.92. The number of nitrogens with one attached hydrogen (secondary N) is 2. The summed E-state index contributed by atoms with van der Waals surface area (Å²) in [5.41, 5.74) is 1.96. The van der Waals surface area contributed by atoms with Crippen LogP contribution in [-0.4, -0.2) is 34.1 Å². The molecule has 1 aliphatic rings. The maximum Gasteiger partial charge on any atom is 0.270 e. The highest BCUT2D eigenvalue weighted by Gasteiger charge is 2.13. The van der Waals surface area contributed by atoms with Crippen molar-refractivity contribution < 1.29 is 14.3 Å². The van der Waals surface area contributed by atoms with E-state index in [1.165, 1.54) is 6.33 Å². The molecule has 0 unspecified atom stereocenters. The highest BCUT2D eigenvalue weighted by Crippen LogP contribution is 2.33. The van der Waals surface area contributed by atoms with Crippen molar-refractivity contribution in [2.45, 2.75) is 6.54 Å². The molecule has 0 fully saturated rings. The number of benzene rings is 1. The lowest BCUT2D eigenvalue weighted by atomic mass is 10.2. The van der Waals surface area contributed by atoms with Crippen LogP contribution in [0.15, 0.2) is 55.1 Å². The highest BCUT2D eigenvalue weighted by atomic mass is 16.6. The Balaban J connectivity index is 1.43. The maximum atomic E-state index is 12.3. The molecule has 8 heteroatoms. The molecule has 0 radical (unpaired) electrons. The summed E-state index contributed by atoms with van der Waals surface area (Å²) in [6, 6.07) is 10.8. The number of fused-ring (bicyclic) bond motifs is 1. The van der Waals surface area contributed by atoms with Gasteiger partial charge in [0.15, 0.2) is 11.5 Å². The van der Waals surface area contributed by atoms with E-state index in [9.17, 15) is 4.79 Å². The Morgan fingerprint density at radius 1 is 1.07 bits per heavy atom. The topological polar surface area (TPSA) is 98.3 Å². The maximum absolute atomic E-state index is 12.3. The molecule has 1 aliphatic heterocycles.